The van der Waals surface area contributed by atoms with E-state index in [1.807, 2.05) is 0 Å². The first-order chi connectivity index (χ1) is 0. The van der Waals surface area contributed by atoms with Crippen molar-refractivity contribution in [2.24, 2.45) is 0 Å². The van der Waals surface area contributed by atoms with Gasteiger partial charge >= 0.3 is 95.1 Å². The van der Waals surface area contributed by atoms with Gasteiger partial charge in [-0.05, 0) is 0 Å². The minimum absolute atomic E-state index is 0. The predicted molar refractivity (Wildman–Crippen MR) is 20.4 cm³/mol. The summed E-state index contributed by atoms with van der Waals surface area (Å²) in [6.45, 7) is 0. The summed E-state index contributed by atoms with van der Waals surface area (Å²) in [5.41, 5.74) is 0. The first kappa shape index (κ1) is 689. The molecule has 0 saturated carbocycles. The Balaban J connectivity index is 0. The Morgan fingerprint density at radius 2 is 0.211 bits per heavy atom. The molecular weight excluding hydrogens is 725 g/mol. The molecule has 0 radical (unpaired) electrons. The molecule has 0 aliphatic rings. The van der Waals surface area contributed by atoms with Crippen molar-refractivity contribution in [3.63, 3.8) is 0 Å². The molecule has 0 amide bonds. The van der Waals surface area contributed by atoms with Crippen molar-refractivity contribution < 1.29 is 157 Å². The summed E-state index contributed by atoms with van der Waals surface area (Å²) in [5.74, 6) is 0. The van der Waals surface area contributed by atoms with Crippen LogP contribution in [-0.4, -0.2) is 51.7 Å². The van der Waals surface area contributed by atoms with Crippen molar-refractivity contribution in [3.8, 4) is 0 Å². The summed E-state index contributed by atoms with van der Waals surface area (Å²) < 4.78 is 0. The van der Waals surface area contributed by atoms with E-state index in [-0.39, 0.29) is 208 Å². The van der Waals surface area contributed by atoms with Gasteiger partial charge in [0.1, 0.15) is 0 Å². The van der Waals surface area contributed by atoms with Crippen LogP contribution in [0, 0.1) is 0 Å². The van der Waals surface area contributed by atoms with Crippen molar-refractivity contribution in [2.45, 2.75) is 0 Å². The van der Waals surface area contributed by atoms with Gasteiger partial charge in [-0.2, -0.15) is 0 Å². The molecule has 13 nitrogen and oxygen atoms in total. The standard InChI is InChI=1S/2In.2Mo.13O.2Ti/q2*+3;;;13*-2;2*+4. The molecule has 0 saturated heterocycles. The molecule has 19 heteroatoms. The molecule has 0 rings (SSSR count). The van der Waals surface area contributed by atoms with Crippen molar-refractivity contribution in [1.29, 1.82) is 0 Å². The summed E-state index contributed by atoms with van der Waals surface area (Å²) in [5, 5.41) is 0. The normalized spacial score (nSPS) is 0. The summed E-state index contributed by atoms with van der Waals surface area (Å²) in [7, 11) is 0. The van der Waals surface area contributed by atoms with E-state index in [9.17, 15) is 0 Å². The topological polar surface area (TPSA) is 370 Å². The van der Waals surface area contributed by atoms with E-state index in [2.05, 4.69) is 0 Å². The van der Waals surface area contributed by atoms with Crippen LogP contribution in [-0.2, 0) is 157 Å². The first-order valence-electron chi connectivity index (χ1n) is 0. The fourth-order valence-corrected chi connectivity index (χ4v) is 0. The predicted octanol–water partition coefficient (Wildman–Crippen LogP) is -2.32. The van der Waals surface area contributed by atoms with Gasteiger partial charge in [0.15, 0.2) is 0 Å². The van der Waals surface area contributed by atoms with Crippen molar-refractivity contribution in [1.82, 2.24) is 0 Å². The number of hydrogen-bond acceptors (Lipinski definition) is 0. The van der Waals surface area contributed by atoms with Gasteiger partial charge in [-0.15, -0.1) is 0 Å². The Morgan fingerprint density at radius 1 is 0.211 bits per heavy atom. The van der Waals surface area contributed by atoms with Crippen molar-refractivity contribution >= 4 is 51.7 Å². The van der Waals surface area contributed by atoms with Crippen LogP contribution < -0.4 is 0 Å². The second kappa shape index (κ2) is 601. The SMILES string of the molecule is [In+3].[In+3].[Mo].[Mo].[O-2].[O-2].[O-2].[O-2].[O-2].[O-2].[O-2].[O-2].[O-2].[O-2].[O-2].[O-2].[O-2].[Ti+4].[Ti+4]. The number of rotatable bonds is 0. The summed E-state index contributed by atoms with van der Waals surface area (Å²) in [4.78, 5) is 0. The minimum Gasteiger partial charge on any atom is -2.00 e. The van der Waals surface area contributed by atoms with Crippen LogP contribution in [0.5, 0.6) is 0 Å². The van der Waals surface area contributed by atoms with E-state index in [4.69, 9.17) is 0 Å². The molecule has 0 unspecified atom stereocenters. The Labute approximate surface area is 205 Å². The molecular formula is In2Mo2O13Ti2-12. The van der Waals surface area contributed by atoms with Gasteiger partial charge in [-0.1, -0.05) is 0 Å². The Bertz CT molecular complexity index is 26.6. The first-order valence-corrected chi connectivity index (χ1v) is 0. The average Bonchev–Trinajstić information content (AvgIpc) is 0. The fourth-order valence-electron chi connectivity index (χ4n) is 0. The van der Waals surface area contributed by atoms with E-state index in [1.54, 1.807) is 0 Å². The fraction of sp³-hybridized carbons (Fsp3) is 0. The summed E-state index contributed by atoms with van der Waals surface area (Å²) in [6, 6.07) is 0. The van der Waals surface area contributed by atoms with Gasteiger partial charge in [0.05, 0.1) is 0 Å². The molecule has 0 atom stereocenters. The maximum absolute atomic E-state index is 0. The van der Waals surface area contributed by atoms with E-state index >= 15 is 0 Å². The zero-order valence-corrected chi connectivity index (χ0v) is 22.0. The van der Waals surface area contributed by atoms with Gasteiger partial charge in [-0.3, -0.25) is 0 Å². The summed E-state index contributed by atoms with van der Waals surface area (Å²) in [6.07, 6.45) is 0. The molecule has 0 N–H and O–H groups in total. The van der Waals surface area contributed by atoms with Crippen molar-refractivity contribution in [2.75, 3.05) is 0 Å². The maximum Gasteiger partial charge on any atom is 4.00 e. The molecule has 116 valence electrons. The molecule has 0 heterocycles. The van der Waals surface area contributed by atoms with Crippen LogP contribution in [0.15, 0.2) is 0 Å². The van der Waals surface area contributed by atoms with Gasteiger partial charge in [-0.25, -0.2) is 0 Å². The van der Waals surface area contributed by atoms with Crippen LogP contribution in [0.2, 0.25) is 0 Å². The van der Waals surface area contributed by atoms with E-state index in [0.717, 1.165) is 0 Å². The van der Waals surface area contributed by atoms with E-state index < -0.39 is 0 Å². The van der Waals surface area contributed by atoms with Gasteiger partial charge in [0.25, 0.3) is 0 Å². The third kappa shape index (κ3) is 545. The molecule has 0 bridgehead atoms. The third-order valence-corrected chi connectivity index (χ3v) is 0. The van der Waals surface area contributed by atoms with Crippen LogP contribution in [0.4, 0.5) is 0 Å². The quantitative estimate of drug-likeness (QED) is 0.238. The maximum atomic E-state index is 0. The average molecular weight is 725 g/mol. The second-order valence-corrected chi connectivity index (χ2v) is 0. The third-order valence-electron chi connectivity index (χ3n) is 0. The van der Waals surface area contributed by atoms with Crippen LogP contribution in [0.1, 0.15) is 0 Å². The summed E-state index contributed by atoms with van der Waals surface area (Å²) >= 11 is 0. The molecule has 19 heavy (non-hydrogen) atoms. The largest absolute Gasteiger partial charge is 4.00 e. The smallest absolute Gasteiger partial charge is 2.00 e. The van der Waals surface area contributed by atoms with Gasteiger partial charge in [0, 0.05) is 42.1 Å². The van der Waals surface area contributed by atoms with Gasteiger partial charge < -0.3 is 71.2 Å². The Morgan fingerprint density at radius 3 is 0.211 bits per heavy atom. The zero-order chi connectivity index (χ0) is 0. The zero-order valence-electron chi connectivity index (χ0n) is 8.28. The molecule has 0 fully saturated rings. The van der Waals surface area contributed by atoms with Gasteiger partial charge in [0.2, 0.25) is 0 Å². The molecule has 0 aliphatic carbocycles. The molecule has 0 aromatic carbocycles. The van der Waals surface area contributed by atoms with Crippen LogP contribution in [0.3, 0.4) is 0 Å². The van der Waals surface area contributed by atoms with Crippen LogP contribution in [0.25, 0.3) is 0 Å². The number of hydrogen-bond donors (Lipinski definition) is 0. The van der Waals surface area contributed by atoms with Crippen LogP contribution >= 0.6 is 0 Å². The molecule has 0 aromatic rings. The van der Waals surface area contributed by atoms with Crippen molar-refractivity contribution in [3.05, 3.63) is 0 Å². The second-order valence-electron chi connectivity index (χ2n) is 0. The Kier molecular flexibility index (Phi) is 21800. The molecule has 0 aromatic heterocycles. The van der Waals surface area contributed by atoms with E-state index in [1.165, 1.54) is 0 Å². The Hall–Kier alpha value is 4.03. The molecule has 0 aliphatic heterocycles. The minimum atomic E-state index is 0. The monoisotopic (exact) mass is 729 g/mol. The van der Waals surface area contributed by atoms with E-state index in [0.29, 0.717) is 0 Å². The molecule has 0 spiro atoms.